The molecule has 0 aliphatic heterocycles. The van der Waals surface area contributed by atoms with Gasteiger partial charge < -0.3 is 9.05 Å². The molecule has 0 amide bonds. The lowest BCUT2D eigenvalue weighted by Gasteiger charge is -2.00. The predicted molar refractivity (Wildman–Crippen MR) is 48.5 cm³/mol. The van der Waals surface area contributed by atoms with Gasteiger partial charge in [-0.25, -0.2) is 0 Å². The van der Waals surface area contributed by atoms with Gasteiger partial charge in [0, 0.05) is 10.7 Å². The van der Waals surface area contributed by atoms with Gasteiger partial charge in [0.05, 0.1) is 13.2 Å². The number of hydrogen-bond acceptors (Lipinski definition) is 3. The summed E-state index contributed by atoms with van der Waals surface area (Å²) in [5, 5.41) is 1.36. The molecule has 0 N–H and O–H groups in total. The lowest BCUT2D eigenvalue weighted by Crippen LogP contribution is -1.91. The lowest BCUT2D eigenvalue weighted by atomic mass is 10.9. The van der Waals surface area contributed by atoms with E-state index < -0.39 is 8.25 Å². The second-order valence-corrected chi connectivity index (χ2v) is 3.99. The van der Waals surface area contributed by atoms with Crippen LogP contribution in [0.5, 0.6) is 0 Å². The van der Waals surface area contributed by atoms with Crippen LogP contribution in [0.3, 0.4) is 0 Å². The van der Waals surface area contributed by atoms with E-state index in [-0.39, 0.29) is 0 Å². The van der Waals surface area contributed by atoms with Gasteiger partial charge in [-0.15, -0.1) is 0 Å². The monoisotopic (exact) mass is 294 g/mol. The molecule has 0 aromatic rings. The van der Waals surface area contributed by atoms with Crippen LogP contribution in [0, 0.1) is 0 Å². The summed E-state index contributed by atoms with van der Waals surface area (Å²) in [6.45, 7) is 0.861. The normalized spacial score (nSPS) is 10.7. The Bertz CT molecular complexity index is 90.5. The van der Waals surface area contributed by atoms with E-state index in [1.807, 2.05) is 0 Å². The van der Waals surface area contributed by atoms with E-state index in [2.05, 4.69) is 31.9 Å². The van der Waals surface area contributed by atoms with Gasteiger partial charge in [-0.2, -0.15) is 0 Å². The summed E-state index contributed by atoms with van der Waals surface area (Å²) in [4.78, 5) is 0. The molecule has 0 rings (SSSR count). The zero-order chi connectivity index (χ0) is 7.82. The fourth-order valence-electron chi connectivity index (χ4n) is 0.285. The van der Waals surface area contributed by atoms with E-state index in [0.29, 0.717) is 23.9 Å². The van der Waals surface area contributed by atoms with Gasteiger partial charge in [0.25, 0.3) is 0 Å². The quantitative estimate of drug-likeness (QED) is 0.557. The summed E-state index contributed by atoms with van der Waals surface area (Å²) in [5.74, 6) is 0. The van der Waals surface area contributed by atoms with Crippen molar-refractivity contribution in [1.29, 1.82) is 0 Å². The molecule has 0 radical (unpaired) electrons. The first-order valence-electron chi connectivity index (χ1n) is 2.72. The van der Waals surface area contributed by atoms with Crippen LogP contribution in [0.25, 0.3) is 0 Å². The number of halogens is 2. The summed E-state index contributed by atoms with van der Waals surface area (Å²) < 4.78 is 20.2. The van der Waals surface area contributed by atoms with E-state index >= 15 is 0 Å². The molecule has 0 saturated heterocycles. The molecule has 0 aliphatic rings. The first-order valence-corrected chi connectivity index (χ1v) is 6.19. The van der Waals surface area contributed by atoms with Crippen LogP contribution in [-0.4, -0.2) is 23.9 Å². The molecule has 0 bridgehead atoms. The topological polar surface area (TPSA) is 35.5 Å². The molecule has 0 saturated carbocycles. The minimum Gasteiger partial charge on any atom is -0.310 e. The van der Waals surface area contributed by atoms with Crippen molar-refractivity contribution < 1.29 is 13.6 Å². The Labute approximate surface area is 77.7 Å². The SMILES string of the molecule is O=[PH](OCCBr)OCCBr. The van der Waals surface area contributed by atoms with Crippen molar-refractivity contribution in [2.75, 3.05) is 23.9 Å². The molecule has 0 atom stereocenters. The fourth-order valence-corrected chi connectivity index (χ4v) is 1.83. The summed E-state index contributed by atoms with van der Waals surface area (Å²) in [5.41, 5.74) is 0. The van der Waals surface area contributed by atoms with Gasteiger partial charge in [-0.05, 0) is 0 Å². The van der Waals surface area contributed by atoms with Crippen molar-refractivity contribution in [1.82, 2.24) is 0 Å². The summed E-state index contributed by atoms with van der Waals surface area (Å²) in [6.07, 6.45) is 0. The highest BCUT2D eigenvalue weighted by molar-refractivity contribution is 9.09. The molecule has 3 nitrogen and oxygen atoms in total. The average Bonchev–Trinajstić information content (AvgIpc) is 1.97. The summed E-state index contributed by atoms with van der Waals surface area (Å²) in [6, 6.07) is 0. The third-order valence-corrected chi connectivity index (χ3v) is 2.12. The Morgan fingerprint density at radius 1 is 1.10 bits per heavy atom. The van der Waals surface area contributed by atoms with Crippen molar-refractivity contribution in [3.05, 3.63) is 0 Å². The number of alkyl halides is 2. The van der Waals surface area contributed by atoms with Crippen molar-refractivity contribution in [3.63, 3.8) is 0 Å². The van der Waals surface area contributed by atoms with Crippen molar-refractivity contribution in [3.8, 4) is 0 Å². The van der Waals surface area contributed by atoms with Crippen molar-refractivity contribution >= 4 is 40.1 Å². The van der Waals surface area contributed by atoms with Gasteiger partial charge in [0.2, 0.25) is 0 Å². The molecule has 0 spiro atoms. The molecule has 0 heterocycles. The zero-order valence-electron chi connectivity index (χ0n) is 5.31. The smallest absolute Gasteiger partial charge is 0.310 e. The molecule has 6 heteroatoms. The molecule has 10 heavy (non-hydrogen) atoms. The maximum atomic E-state index is 10.7. The van der Waals surface area contributed by atoms with Crippen LogP contribution in [0.2, 0.25) is 0 Å². The Balaban J connectivity index is 3.09. The van der Waals surface area contributed by atoms with Crippen molar-refractivity contribution in [2.24, 2.45) is 0 Å². The lowest BCUT2D eigenvalue weighted by molar-refractivity contribution is 0.247. The summed E-state index contributed by atoms with van der Waals surface area (Å²) in [7, 11) is -2.22. The maximum Gasteiger partial charge on any atom is 0.319 e. The van der Waals surface area contributed by atoms with Crippen LogP contribution in [0.15, 0.2) is 0 Å². The number of hydrogen-bond donors (Lipinski definition) is 0. The van der Waals surface area contributed by atoms with Crippen LogP contribution < -0.4 is 0 Å². The highest BCUT2D eigenvalue weighted by atomic mass is 79.9. The minimum atomic E-state index is -2.22. The predicted octanol–water partition coefficient (Wildman–Crippen LogP) is 2.20. The molecule has 0 aliphatic carbocycles. The van der Waals surface area contributed by atoms with Crippen LogP contribution in [0.1, 0.15) is 0 Å². The zero-order valence-corrected chi connectivity index (χ0v) is 9.48. The molecular weight excluding hydrogens is 287 g/mol. The van der Waals surface area contributed by atoms with Gasteiger partial charge >= 0.3 is 8.25 Å². The second-order valence-electron chi connectivity index (χ2n) is 1.32. The minimum absolute atomic E-state index is 0.431. The van der Waals surface area contributed by atoms with E-state index in [9.17, 15) is 4.57 Å². The van der Waals surface area contributed by atoms with Crippen molar-refractivity contribution in [2.45, 2.75) is 0 Å². The second kappa shape index (κ2) is 8.21. The van der Waals surface area contributed by atoms with Gasteiger partial charge in [-0.1, -0.05) is 31.9 Å². The van der Waals surface area contributed by atoms with E-state index in [1.54, 1.807) is 0 Å². The highest BCUT2D eigenvalue weighted by Crippen LogP contribution is 2.22. The Hall–Kier alpha value is 1.11. The third kappa shape index (κ3) is 7.22. The van der Waals surface area contributed by atoms with E-state index in [4.69, 9.17) is 9.05 Å². The van der Waals surface area contributed by atoms with Crippen LogP contribution in [0.4, 0.5) is 0 Å². The van der Waals surface area contributed by atoms with Gasteiger partial charge in [0.1, 0.15) is 0 Å². The fraction of sp³-hybridized carbons (Fsp3) is 1.00. The van der Waals surface area contributed by atoms with E-state index in [0.717, 1.165) is 0 Å². The molecule has 0 fully saturated rings. The van der Waals surface area contributed by atoms with Crippen LogP contribution >= 0.6 is 40.1 Å². The first-order chi connectivity index (χ1) is 4.81. The highest BCUT2D eigenvalue weighted by Gasteiger charge is 1.96. The van der Waals surface area contributed by atoms with Gasteiger partial charge in [0.15, 0.2) is 0 Å². The summed E-state index contributed by atoms with van der Waals surface area (Å²) >= 11 is 6.27. The largest absolute Gasteiger partial charge is 0.319 e. The molecule has 0 aromatic heterocycles. The standard InChI is InChI=1S/C4H9Br2O3P/c5-1-3-8-10(7)9-4-2-6/h10H,1-4H2. The third-order valence-electron chi connectivity index (χ3n) is 0.594. The average molecular weight is 296 g/mol. The Morgan fingerprint density at radius 2 is 1.50 bits per heavy atom. The van der Waals surface area contributed by atoms with Gasteiger partial charge in [-0.3, -0.25) is 4.57 Å². The molecule has 62 valence electrons. The maximum absolute atomic E-state index is 10.7. The Kier molecular flexibility index (Phi) is 9.12. The number of rotatable bonds is 6. The molecule has 0 unspecified atom stereocenters. The van der Waals surface area contributed by atoms with E-state index in [1.165, 1.54) is 0 Å². The molecular formula is C4H9Br2O3P. The molecule has 0 aromatic carbocycles. The first kappa shape index (κ1) is 11.1. The Morgan fingerprint density at radius 3 is 1.80 bits per heavy atom. The van der Waals surface area contributed by atoms with Crippen LogP contribution in [-0.2, 0) is 13.6 Å².